The number of hydrogen-bond acceptors (Lipinski definition) is 2. The Labute approximate surface area is 127 Å². The molecule has 21 heavy (non-hydrogen) atoms. The van der Waals surface area contributed by atoms with Crippen LogP contribution in [0.4, 0.5) is 0 Å². The van der Waals surface area contributed by atoms with Gasteiger partial charge in [0.1, 0.15) is 11.5 Å². The normalized spacial score (nSPS) is 10.5. The van der Waals surface area contributed by atoms with Crippen molar-refractivity contribution in [1.82, 2.24) is 0 Å². The molecule has 2 aromatic carbocycles. The van der Waals surface area contributed by atoms with Crippen LogP contribution >= 0.6 is 0 Å². The van der Waals surface area contributed by atoms with Crippen LogP contribution in [0.1, 0.15) is 28.7 Å². The highest BCUT2D eigenvalue weighted by atomic mass is 16.5. The molecule has 0 atom stereocenters. The molecule has 0 spiro atoms. The molecule has 2 nitrogen and oxygen atoms in total. The van der Waals surface area contributed by atoms with Gasteiger partial charge in [0, 0.05) is 6.42 Å². The van der Waals surface area contributed by atoms with Gasteiger partial charge >= 0.3 is 0 Å². The quantitative estimate of drug-likeness (QED) is 0.711. The molecule has 112 valence electrons. The van der Waals surface area contributed by atoms with Gasteiger partial charge in [-0.25, -0.2) is 0 Å². The summed E-state index contributed by atoms with van der Waals surface area (Å²) in [5, 5.41) is 0. The first-order valence-corrected chi connectivity index (χ1v) is 7.45. The van der Waals surface area contributed by atoms with Gasteiger partial charge in [-0.15, -0.1) is 0 Å². The summed E-state index contributed by atoms with van der Waals surface area (Å²) in [5.74, 6) is 1.89. The smallest absolute Gasteiger partial charge is 0.119 e. The predicted octanol–water partition coefficient (Wildman–Crippen LogP) is 4.77. The molecule has 0 amide bonds. The Hall–Kier alpha value is -1.96. The van der Waals surface area contributed by atoms with Crippen molar-refractivity contribution in [1.29, 1.82) is 0 Å². The molecular formula is C19H24O2. The lowest BCUT2D eigenvalue weighted by Crippen LogP contribution is -2.05. The maximum absolute atomic E-state index is 5.77. The van der Waals surface area contributed by atoms with Gasteiger partial charge in [-0.05, 0) is 74.2 Å². The lowest BCUT2D eigenvalue weighted by atomic mass is 10.1. The molecule has 0 aromatic heterocycles. The lowest BCUT2D eigenvalue weighted by molar-refractivity contribution is 0.247. The van der Waals surface area contributed by atoms with E-state index in [1.165, 1.54) is 22.3 Å². The van der Waals surface area contributed by atoms with Gasteiger partial charge in [-0.2, -0.15) is 0 Å². The van der Waals surface area contributed by atoms with E-state index in [1.807, 2.05) is 0 Å². The molecule has 0 saturated carbocycles. The molecule has 2 heteroatoms. The lowest BCUT2D eigenvalue weighted by Gasteiger charge is -2.10. The summed E-state index contributed by atoms with van der Waals surface area (Å²) in [6, 6.07) is 12.6. The van der Waals surface area contributed by atoms with Crippen LogP contribution in [0, 0.1) is 27.7 Å². The summed E-state index contributed by atoms with van der Waals surface area (Å²) in [6.07, 6.45) is 0.875. The Kier molecular flexibility index (Phi) is 5.26. The van der Waals surface area contributed by atoms with Crippen LogP contribution < -0.4 is 9.47 Å². The summed E-state index contributed by atoms with van der Waals surface area (Å²) < 4.78 is 11.5. The van der Waals surface area contributed by atoms with Crippen LogP contribution in [0.5, 0.6) is 11.5 Å². The van der Waals surface area contributed by atoms with Gasteiger partial charge in [-0.1, -0.05) is 12.1 Å². The summed E-state index contributed by atoms with van der Waals surface area (Å²) in [7, 11) is 0. The Morgan fingerprint density at radius 3 is 1.24 bits per heavy atom. The number of hydrogen-bond donors (Lipinski definition) is 0. The fourth-order valence-electron chi connectivity index (χ4n) is 2.47. The predicted molar refractivity (Wildman–Crippen MR) is 87.4 cm³/mol. The first kappa shape index (κ1) is 15.4. The third-order valence-corrected chi connectivity index (χ3v) is 3.22. The summed E-state index contributed by atoms with van der Waals surface area (Å²) in [4.78, 5) is 0. The van der Waals surface area contributed by atoms with Gasteiger partial charge in [0.2, 0.25) is 0 Å². The van der Waals surface area contributed by atoms with E-state index in [9.17, 15) is 0 Å². The second-order valence-corrected chi connectivity index (χ2v) is 5.70. The van der Waals surface area contributed by atoms with E-state index < -0.39 is 0 Å². The van der Waals surface area contributed by atoms with E-state index >= 15 is 0 Å². The van der Waals surface area contributed by atoms with Gasteiger partial charge < -0.3 is 9.47 Å². The van der Waals surface area contributed by atoms with Crippen molar-refractivity contribution in [2.45, 2.75) is 34.1 Å². The number of rotatable bonds is 6. The number of aryl methyl sites for hydroxylation is 4. The molecule has 0 unspecified atom stereocenters. The molecule has 0 aliphatic heterocycles. The Bertz CT molecular complexity index is 509. The fourth-order valence-corrected chi connectivity index (χ4v) is 2.47. The second kappa shape index (κ2) is 7.16. The molecule has 0 N–H and O–H groups in total. The molecular weight excluding hydrogens is 260 g/mol. The molecule has 0 heterocycles. The molecule has 0 bridgehead atoms. The third-order valence-electron chi connectivity index (χ3n) is 3.22. The molecule has 2 rings (SSSR count). The van der Waals surface area contributed by atoms with Crippen molar-refractivity contribution in [3.8, 4) is 11.5 Å². The van der Waals surface area contributed by atoms with Crippen molar-refractivity contribution in [3.63, 3.8) is 0 Å². The van der Waals surface area contributed by atoms with Crippen molar-refractivity contribution in [3.05, 3.63) is 58.7 Å². The summed E-state index contributed by atoms with van der Waals surface area (Å²) in [6.45, 7) is 9.69. The molecule has 2 aromatic rings. The first-order valence-electron chi connectivity index (χ1n) is 7.45. The molecule has 0 aliphatic carbocycles. The van der Waals surface area contributed by atoms with Crippen molar-refractivity contribution in [2.75, 3.05) is 13.2 Å². The van der Waals surface area contributed by atoms with Crippen molar-refractivity contribution >= 4 is 0 Å². The molecule has 0 saturated heterocycles. The average molecular weight is 284 g/mol. The SMILES string of the molecule is Cc1cc(C)cc(OCCCOc2cc(C)cc(C)c2)c1. The topological polar surface area (TPSA) is 18.5 Å². The Morgan fingerprint density at radius 1 is 0.571 bits per heavy atom. The Balaban J connectivity index is 1.74. The van der Waals surface area contributed by atoms with Gasteiger partial charge in [0.05, 0.1) is 13.2 Å². The van der Waals surface area contributed by atoms with Gasteiger partial charge in [0.15, 0.2) is 0 Å². The number of benzene rings is 2. The van der Waals surface area contributed by atoms with Crippen LogP contribution in [0.25, 0.3) is 0 Å². The summed E-state index contributed by atoms with van der Waals surface area (Å²) in [5.41, 5.74) is 4.93. The number of ether oxygens (including phenoxy) is 2. The standard InChI is InChI=1S/C19H24O2/c1-14-8-15(2)11-18(10-14)20-6-5-7-21-19-12-16(3)9-17(4)13-19/h8-13H,5-7H2,1-4H3. The van der Waals surface area contributed by atoms with E-state index in [2.05, 4.69) is 64.1 Å². The van der Waals surface area contributed by atoms with Crippen molar-refractivity contribution in [2.24, 2.45) is 0 Å². The largest absolute Gasteiger partial charge is 0.493 e. The minimum absolute atomic E-state index is 0.674. The van der Waals surface area contributed by atoms with Crippen LogP contribution in [0.3, 0.4) is 0 Å². The van der Waals surface area contributed by atoms with Crippen LogP contribution in [0.15, 0.2) is 36.4 Å². The molecule has 0 aliphatic rings. The van der Waals surface area contributed by atoms with E-state index in [0.29, 0.717) is 13.2 Å². The minimum atomic E-state index is 0.674. The van der Waals surface area contributed by atoms with Crippen LogP contribution in [-0.2, 0) is 0 Å². The van der Waals surface area contributed by atoms with Gasteiger partial charge in [0.25, 0.3) is 0 Å². The highest BCUT2D eigenvalue weighted by Crippen LogP contribution is 2.18. The van der Waals surface area contributed by atoms with E-state index in [4.69, 9.17) is 9.47 Å². The zero-order valence-corrected chi connectivity index (χ0v) is 13.4. The molecule has 0 radical (unpaired) electrons. The van der Waals surface area contributed by atoms with E-state index in [0.717, 1.165) is 17.9 Å². The Morgan fingerprint density at radius 2 is 0.905 bits per heavy atom. The van der Waals surface area contributed by atoms with Crippen LogP contribution in [0.2, 0.25) is 0 Å². The highest BCUT2D eigenvalue weighted by molar-refractivity contribution is 5.33. The monoisotopic (exact) mass is 284 g/mol. The minimum Gasteiger partial charge on any atom is -0.493 e. The third kappa shape index (κ3) is 5.14. The maximum atomic E-state index is 5.77. The second-order valence-electron chi connectivity index (χ2n) is 5.70. The highest BCUT2D eigenvalue weighted by Gasteiger charge is 1.99. The zero-order chi connectivity index (χ0) is 15.2. The van der Waals surface area contributed by atoms with E-state index in [-0.39, 0.29) is 0 Å². The average Bonchev–Trinajstić information content (AvgIpc) is 2.36. The van der Waals surface area contributed by atoms with E-state index in [1.54, 1.807) is 0 Å². The van der Waals surface area contributed by atoms with Crippen molar-refractivity contribution < 1.29 is 9.47 Å². The summed E-state index contributed by atoms with van der Waals surface area (Å²) >= 11 is 0. The first-order chi connectivity index (χ1) is 10.0. The molecule has 0 fully saturated rings. The van der Waals surface area contributed by atoms with Gasteiger partial charge in [-0.3, -0.25) is 0 Å². The zero-order valence-electron chi connectivity index (χ0n) is 13.4. The van der Waals surface area contributed by atoms with Crippen LogP contribution in [-0.4, -0.2) is 13.2 Å². The maximum Gasteiger partial charge on any atom is 0.119 e. The fraction of sp³-hybridized carbons (Fsp3) is 0.368.